The van der Waals surface area contributed by atoms with E-state index in [1.165, 1.54) is 10.4 Å². The molecule has 1 unspecified atom stereocenters. The van der Waals surface area contributed by atoms with Crippen LogP contribution >= 0.6 is 11.3 Å². The highest BCUT2D eigenvalue weighted by atomic mass is 32.1. The van der Waals surface area contributed by atoms with Gasteiger partial charge in [0.25, 0.3) is 0 Å². The van der Waals surface area contributed by atoms with Crippen LogP contribution in [0.15, 0.2) is 41.8 Å². The standard InChI is InChI=1S/C15H19NOS/c1-2-17-14-6-3-5-12(10-14)9-13(11-16)15-7-4-8-18-15/h3-8,10,13H,2,9,11,16H2,1H3. The number of ether oxygens (including phenoxy) is 1. The van der Waals surface area contributed by atoms with Gasteiger partial charge in [0.05, 0.1) is 6.61 Å². The zero-order valence-electron chi connectivity index (χ0n) is 10.6. The predicted molar refractivity (Wildman–Crippen MR) is 77.4 cm³/mol. The van der Waals surface area contributed by atoms with Crippen molar-refractivity contribution in [3.63, 3.8) is 0 Å². The quantitative estimate of drug-likeness (QED) is 0.864. The van der Waals surface area contributed by atoms with Gasteiger partial charge in [-0.15, -0.1) is 11.3 Å². The van der Waals surface area contributed by atoms with Gasteiger partial charge in [0.1, 0.15) is 5.75 Å². The fourth-order valence-corrected chi connectivity index (χ4v) is 2.88. The van der Waals surface area contributed by atoms with Crippen LogP contribution in [0, 0.1) is 0 Å². The third-order valence-corrected chi connectivity index (χ3v) is 3.96. The lowest BCUT2D eigenvalue weighted by Crippen LogP contribution is -2.13. The topological polar surface area (TPSA) is 35.2 Å². The number of rotatable bonds is 6. The molecular formula is C15H19NOS. The molecule has 0 aliphatic rings. The Morgan fingerprint density at radius 3 is 2.83 bits per heavy atom. The number of hydrogen-bond acceptors (Lipinski definition) is 3. The second kappa shape index (κ2) is 6.57. The summed E-state index contributed by atoms with van der Waals surface area (Å²) >= 11 is 1.78. The summed E-state index contributed by atoms with van der Waals surface area (Å²) in [6.45, 7) is 3.38. The van der Waals surface area contributed by atoms with E-state index in [1.54, 1.807) is 11.3 Å². The van der Waals surface area contributed by atoms with Crippen LogP contribution in [0.2, 0.25) is 0 Å². The van der Waals surface area contributed by atoms with E-state index >= 15 is 0 Å². The summed E-state index contributed by atoms with van der Waals surface area (Å²) < 4.78 is 5.52. The third-order valence-electron chi connectivity index (χ3n) is 2.92. The van der Waals surface area contributed by atoms with Crippen LogP contribution in [-0.4, -0.2) is 13.2 Å². The van der Waals surface area contributed by atoms with E-state index in [9.17, 15) is 0 Å². The molecule has 0 fully saturated rings. The van der Waals surface area contributed by atoms with Gasteiger partial charge in [-0.05, 0) is 42.5 Å². The smallest absolute Gasteiger partial charge is 0.119 e. The first-order chi connectivity index (χ1) is 8.83. The summed E-state index contributed by atoms with van der Waals surface area (Å²) in [6.07, 6.45) is 0.970. The van der Waals surface area contributed by atoms with Crippen LogP contribution in [0.1, 0.15) is 23.3 Å². The molecule has 96 valence electrons. The zero-order chi connectivity index (χ0) is 12.8. The maximum absolute atomic E-state index is 5.88. The molecule has 1 aromatic carbocycles. The average Bonchev–Trinajstić information content (AvgIpc) is 2.90. The van der Waals surface area contributed by atoms with E-state index in [2.05, 4.69) is 29.6 Å². The fraction of sp³-hybridized carbons (Fsp3) is 0.333. The molecule has 0 aliphatic carbocycles. The summed E-state index contributed by atoms with van der Waals surface area (Å²) in [6, 6.07) is 12.5. The van der Waals surface area contributed by atoms with Gasteiger partial charge in [-0.2, -0.15) is 0 Å². The minimum Gasteiger partial charge on any atom is -0.494 e. The molecule has 2 aromatic rings. The minimum atomic E-state index is 0.405. The van der Waals surface area contributed by atoms with Crippen molar-refractivity contribution >= 4 is 11.3 Å². The summed E-state index contributed by atoms with van der Waals surface area (Å²) in [7, 11) is 0. The van der Waals surface area contributed by atoms with Gasteiger partial charge in [-0.1, -0.05) is 18.2 Å². The van der Waals surface area contributed by atoms with Crippen LogP contribution in [0.5, 0.6) is 5.75 Å². The predicted octanol–water partition coefficient (Wildman–Crippen LogP) is 3.43. The Hall–Kier alpha value is -1.32. The molecule has 0 radical (unpaired) electrons. The lowest BCUT2D eigenvalue weighted by atomic mass is 9.98. The molecule has 1 heterocycles. The largest absolute Gasteiger partial charge is 0.494 e. The van der Waals surface area contributed by atoms with Gasteiger partial charge in [0.2, 0.25) is 0 Å². The molecular weight excluding hydrogens is 242 g/mol. The van der Waals surface area contributed by atoms with Gasteiger partial charge < -0.3 is 10.5 Å². The normalized spacial score (nSPS) is 12.3. The molecule has 2 nitrogen and oxygen atoms in total. The van der Waals surface area contributed by atoms with Gasteiger partial charge in [-0.3, -0.25) is 0 Å². The second-order valence-corrected chi connectivity index (χ2v) is 5.21. The molecule has 1 atom stereocenters. The highest BCUT2D eigenvalue weighted by molar-refractivity contribution is 7.10. The highest BCUT2D eigenvalue weighted by Gasteiger charge is 2.11. The van der Waals surface area contributed by atoms with Crippen molar-refractivity contribution < 1.29 is 4.74 Å². The highest BCUT2D eigenvalue weighted by Crippen LogP contribution is 2.25. The van der Waals surface area contributed by atoms with E-state index in [1.807, 2.05) is 19.1 Å². The van der Waals surface area contributed by atoms with Gasteiger partial charge in [-0.25, -0.2) is 0 Å². The summed E-state index contributed by atoms with van der Waals surface area (Å²) in [5.74, 6) is 1.35. The Morgan fingerprint density at radius 2 is 2.17 bits per heavy atom. The maximum atomic E-state index is 5.88. The van der Waals surface area contributed by atoms with Crippen LogP contribution in [0.3, 0.4) is 0 Å². The zero-order valence-corrected chi connectivity index (χ0v) is 11.5. The Kier molecular flexibility index (Phi) is 4.79. The van der Waals surface area contributed by atoms with Crippen LogP contribution in [0.25, 0.3) is 0 Å². The van der Waals surface area contributed by atoms with E-state index in [4.69, 9.17) is 10.5 Å². The number of thiophene rings is 1. The fourth-order valence-electron chi connectivity index (χ4n) is 2.04. The Balaban J connectivity index is 2.09. The summed E-state index contributed by atoms with van der Waals surface area (Å²) in [5.41, 5.74) is 7.17. The SMILES string of the molecule is CCOc1cccc(CC(CN)c2cccs2)c1. The van der Waals surface area contributed by atoms with Crippen molar-refractivity contribution in [1.29, 1.82) is 0 Å². The van der Waals surface area contributed by atoms with Crippen molar-refractivity contribution in [3.8, 4) is 5.75 Å². The van der Waals surface area contributed by atoms with Crippen molar-refractivity contribution in [2.75, 3.05) is 13.2 Å². The first-order valence-corrected chi connectivity index (χ1v) is 7.16. The van der Waals surface area contributed by atoms with E-state index < -0.39 is 0 Å². The Morgan fingerprint density at radius 1 is 1.28 bits per heavy atom. The summed E-state index contributed by atoms with van der Waals surface area (Å²) in [4.78, 5) is 1.36. The molecule has 0 spiro atoms. The molecule has 0 saturated carbocycles. The molecule has 0 saturated heterocycles. The lowest BCUT2D eigenvalue weighted by molar-refractivity contribution is 0.340. The monoisotopic (exact) mass is 261 g/mol. The summed E-state index contributed by atoms with van der Waals surface area (Å²) in [5, 5.41) is 2.11. The third kappa shape index (κ3) is 3.34. The van der Waals surface area contributed by atoms with Crippen LogP contribution in [0.4, 0.5) is 0 Å². The Labute approximate surface area is 112 Å². The lowest BCUT2D eigenvalue weighted by Gasteiger charge is -2.13. The van der Waals surface area contributed by atoms with Gasteiger partial charge in [0, 0.05) is 17.3 Å². The molecule has 2 N–H and O–H groups in total. The van der Waals surface area contributed by atoms with Gasteiger partial charge >= 0.3 is 0 Å². The van der Waals surface area contributed by atoms with E-state index in [0.29, 0.717) is 19.1 Å². The Bertz CT molecular complexity index is 467. The molecule has 18 heavy (non-hydrogen) atoms. The van der Waals surface area contributed by atoms with Crippen LogP contribution in [-0.2, 0) is 6.42 Å². The van der Waals surface area contributed by atoms with Crippen molar-refractivity contribution in [1.82, 2.24) is 0 Å². The number of nitrogens with two attached hydrogens (primary N) is 1. The van der Waals surface area contributed by atoms with Crippen molar-refractivity contribution in [2.24, 2.45) is 5.73 Å². The average molecular weight is 261 g/mol. The van der Waals surface area contributed by atoms with E-state index in [-0.39, 0.29) is 0 Å². The molecule has 0 amide bonds. The van der Waals surface area contributed by atoms with Gasteiger partial charge in [0.15, 0.2) is 0 Å². The molecule has 3 heteroatoms. The van der Waals surface area contributed by atoms with Crippen molar-refractivity contribution in [2.45, 2.75) is 19.3 Å². The molecule has 2 rings (SSSR count). The molecule has 0 bridgehead atoms. The van der Waals surface area contributed by atoms with Crippen molar-refractivity contribution in [3.05, 3.63) is 52.2 Å². The molecule has 1 aromatic heterocycles. The first kappa shape index (κ1) is 13.1. The minimum absolute atomic E-state index is 0.405. The molecule has 0 aliphatic heterocycles. The second-order valence-electron chi connectivity index (χ2n) is 4.23. The first-order valence-electron chi connectivity index (χ1n) is 6.28. The maximum Gasteiger partial charge on any atom is 0.119 e. The van der Waals surface area contributed by atoms with E-state index in [0.717, 1.165) is 12.2 Å². The van der Waals surface area contributed by atoms with Crippen LogP contribution < -0.4 is 10.5 Å². The number of benzene rings is 1. The number of hydrogen-bond donors (Lipinski definition) is 1.